The third kappa shape index (κ3) is 3.62. The number of halogens is 1. The molecule has 8 heteroatoms. The molecule has 7 nitrogen and oxygen atoms in total. The van der Waals surface area contributed by atoms with Gasteiger partial charge in [-0.3, -0.25) is 0 Å². The first kappa shape index (κ1) is 17.8. The minimum atomic E-state index is -0.0876. The molecule has 2 heterocycles. The van der Waals surface area contributed by atoms with Gasteiger partial charge in [-0.05, 0) is 42.3 Å². The highest BCUT2D eigenvalue weighted by atomic mass is 35.5. The Hall–Kier alpha value is -2.61. The predicted octanol–water partition coefficient (Wildman–Crippen LogP) is 3.69. The summed E-state index contributed by atoms with van der Waals surface area (Å²) in [6.45, 7) is 0. The van der Waals surface area contributed by atoms with Gasteiger partial charge in [0, 0.05) is 16.6 Å². The zero-order chi connectivity index (χ0) is 18.8. The van der Waals surface area contributed by atoms with Crippen molar-refractivity contribution in [3.63, 3.8) is 0 Å². The van der Waals surface area contributed by atoms with Crippen molar-refractivity contribution >= 4 is 11.6 Å². The van der Waals surface area contributed by atoms with Crippen LogP contribution in [-0.4, -0.2) is 24.4 Å². The lowest BCUT2D eigenvalue weighted by molar-refractivity contribution is 0.340. The predicted molar refractivity (Wildman–Crippen MR) is 101 cm³/mol. The monoisotopic (exact) mass is 386 g/mol. The Morgan fingerprint density at radius 1 is 1.04 bits per heavy atom. The van der Waals surface area contributed by atoms with Gasteiger partial charge in [0.05, 0.1) is 14.2 Å². The number of benzene rings is 2. The molecule has 0 aliphatic carbocycles. The van der Waals surface area contributed by atoms with Crippen LogP contribution in [0.5, 0.6) is 11.5 Å². The molecule has 2 N–H and O–H groups in total. The van der Waals surface area contributed by atoms with Gasteiger partial charge >= 0.3 is 0 Å². The van der Waals surface area contributed by atoms with E-state index in [1.807, 2.05) is 42.5 Å². The van der Waals surface area contributed by atoms with Crippen LogP contribution in [0.3, 0.4) is 0 Å². The van der Waals surface area contributed by atoms with Crippen LogP contribution in [0.2, 0.25) is 5.02 Å². The SMILES string of the molecule is COc1ccc(-c2noc(C3CC(c4cccc(Cl)c4)NN3)n2)cc1OC. The molecule has 2 unspecified atom stereocenters. The molecule has 1 aromatic heterocycles. The van der Waals surface area contributed by atoms with Gasteiger partial charge in [-0.1, -0.05) is 28.9 Å². The highest BCUT2D eigenvalue weighted by Gasteiger charge is 2.30. The number of methoxy groups -OCH3 is 2. The van der Waals surface area contributed by atoms with Crippen LogP contribution >= 0.6 is 11.6 Å². The zero-order valence-corrected chi connectivity index (χ0v) is 15.7. The van der Waals surface area contributed by atoms with Crippen molar-refractivity contribution in [3.8, 4) is 22.9 Å². The summed E-state index contributed by atoms with van der Waals surface area (Å²) in [5, 5.41) is 4.82. The van der Waals surface area contributed by atoms with Gasteiger partial charge in [0.2, 0.25) is 11.7 Å². The smallest absolute Gasteiger partial charge is 0.245 e. The molecule has 2 aromatic carbocycles. The van der Waals surface area contributed by atoms with Crippen LogP contribution in [0.4, 0.5) is 0 Å². The Bertz CT molecular complexity index is 946. The van der Waals surface area contributed by atoms with Gasteiger partial charge in [-0.25, -0.2) is 10.9 Å². The van der Waals surface area contributed by atoms with E-state index in [2.05, 4.69) is 21.0 Å². The maximum Gasteiger partial charge on any atom is 0.245 e. The topological polar surface area (TPSA) is 81.4 Å². The number of nitrogens with one attached hydrogen (secondary N) is 2. The van der Waals surface area contributed by atoms with E-state index in [1.165, 1.54) is 0 Å². The van der Waals surface area contributed by atoms with Crippen molar-refractivity contribution in [1.82, 2.24) is 21.0 Å². The van der Waals surface area contributed by atoms with E-state index in [0.29, 0.717) is 28.2 Å². The third-order valence-electron chi connectivity index (χ3n) is 4.54. The minimum absolute atomic E-state index is 0.0876. The van der Waals surface area contributed by atoms with E-state index in [1.54, 1.807) is 14.2 Å². The highest BCUT2D eigenvalue weighted by Crippen LogP contribution is 2.34. The fourth-order valence-corrected chi connectivity index (χ4v) is 3.33. The molecule has 0 amide bonds. The molecule has 0 radical (unpaired) electrons. The summed E-state index contributed by atoms with van der Waals surface area (Å²) in [7, 11) is 3.19. The first-order valence-corrected chi connectivity index (χ1v) is 8.88. The average Bonchev–Trinajstić information content (AvgIpc) is 3.37. The van der Waals surface area contributed by atoms with E-state index in [4.69, 9.17) is 25.6 Å². The molecule has 27 heavy (non-hydrogen) atoms. The number of rotatable bonds is 5. The van der Waals surface area contributed by atoms with Gasteiger partial charge in [0.25, 0.3) is 0 Å². The first-order valence-electron chi connectivity index (χ1n) is 8.50. The summed E-state index contributed by atoms with van der Waals surface area (Å²) < 4.78 is 16.1. The highest BCUT2D eigenvalue weighted by molar-refractivity contribution is 6.30. The largest absolute Gasteiger partial charge is 0.493 e. The van der Waals surface area contributed by atoms with Gasteiger partial charge in [0.1, 0.15) is 6.04 Å². The lowest BCUT2D eigenvalue weighted by Gasteiger charge is -2.09. The number of hydrazine groups is 1. The van der Waals surface area contributed by atoms with E-state index in [9.17, 15) is 0 Å². The van der Waals surface area contributed by atoms with E-state index in [0.717, 1.165) is 17.5 Å². The molecular formula is C19H19ClN4O3. The van der Waals surface area contributed by atoms with Gasteiger partial charge in [0.15, 0.2) is 11.5 Å². The number of ether oxygens (including phenoxy) is 2. The van der Waals surface area contributed by atoms with E-state index < -0.39 is 0 Å². The van der Waals surface area contributed by atoms with Gasteiger partial charge < -0.3 is 14.0 Å². The van der Waals surface area contributed by atoms with Crippen molar-refractivity contribution in [2.24, 2.45) is 0 Å². The second-order valence-electron chi connectivity index (χ2n) is 6.21. The van der Waals surface area contributed by atoms with Crippen LogP contribution in [0, 0.1) is 0 Å². The lowest BCUT2D eigenvalue weighted by Crippen LogP contribution is -2.26. The van der Waals surface area contributed by atoms with Crippen molar-refractivity contribution < 1.29 is 14.0 Å². The number of hydrogen-bond acceptors (Lipinski definition) is 7. The van der Waals surface area contributed by atoms with E-state index >= 15 is 0 Å². The van der Waals surface area contributed by atoms with Crippen LogP contribution < -0.4 is 20.3 Å². The van der Waals surface area contributed by atoms with Gasteiger partial charge in [-0.2, -0.15) is 4.98 Å². The van der Waals surface area contributed by atoms with E-state index in [-0.39, 0.29) is 12.1 Å². The van der Waals surface area contributed by atoms with Crippen molar-refractivity contribution in [2.75, 3.05) is 14.2 Å². The number of aromatic nitrogens is 2. The fourth-order valence-electron chi connectivity index (χ4n) is 3.13. The molecule has 0 saturated carbocycles. The zero-order valence-electron chi connectivity index (χ0n) is 14.9. The van der Waals surface area contributed by atoms with Crippen molar-refractivity contribution in [1.29, 1.82) is 0 Å². The number of nitrogens with zero attached hydrogens (tertiary/aromatic N) is 2. The summed E-state index contributed by atoms with van der Waals surface area (Å²) in [5.41, 5.74) is 8.37. The lowest BCUT2D eigenvalue weighted by atomic mass is 10.0. The van der Waals surface area contributed by atoms with Gasteiger partial charge in [-0.15, -0.1) is 0 Å². The standard InChI is InChI=1S/C19H19ClN4O3/c1-25-16-7-6-12(9-17(16)26-2)18-21-19(27-24-18)15-10-14(22-23-15)11-4-3-5-13(20)8-11/h3-9,14-15,22-23H,10H2,1-2H3. The molecule has 140 valence electrons. The molecule has 3 aromatic rings. The summed E-state index contributed by atoms with van der Waals surface area (Å²) in [6, 6.07) is 13.3. The second-order valence-corrected chi connectivity index (χ2v) is 6.65. The Balaban J connectivity index is 1.52. The Kier molecular flexibility index (Phi) is 4.98. The van der Waals surface area contributed by atoms with Crippen LogP contribution in [-0.2, 0) is 0 Å². The molecule has 1 aliphatic heterocycles. The average molecular weight is 387 g/mol. The first-order chi connectivity index (χ1) is 13.2. The maximum atomic E-state index is 6.09. The third-order valence-corrected chi connectivity index (χ3v) is 4.77. The molecular weight excluding hydrogens is 368 g/mol. The summed E-state index contributed by atoms with van der Waals surface area (Å²) in [4.78, 5) is 4.54. The Labute approximate surface area is 161 Å². The maximum absolute atomic E-state index is 6.09. The van der Waals surface area contributed by atoms with Crippen LogP contribution in [0.15, 0.2) is 47.0 Å². The molecule has 4 rings (SSSR count). The molecule has 0 bridgehead atoms. The molecule has 0 spiro atoms. The molecule has 1 fully saturated rings. The molecule has 1 aliphatic rings. The summed E-state index contributed by atoms with van der Waals surface area (Å²) >= 11 is 6.09. The normalized spacial score (nSPS) is 19.2. The Morgan fingerprint density at radius 3 is 2.63 bits per heavy atom. The second kappa shape index (κ2) is 7.56. The summed E-state index contributed by atoms with van der Waals surface area (Å²) in [5.74, 6) is 2.29. The number of hydrogen-bond donors (Lipinski definition) is 2. The van der Waals surface area contributed by atoms with Crippen LogP contribution in [0.25, 0.3) is 11.4 Å². The quantitative estimate of drug-likeness (QED) is 0.692. The van der Waals surface area contributed by atoms with Crippen LogP contribution in [0.1, 0.15) is 30.0 Å². The van der Waals surface area contributed by atoms with Crippen molar-refractivity contribution in [2.45, 2.75) is 18.5 Å². The fraction of sp³-hybridized carbons (Fsp3) is 0.263. The van der Waals surface area contributed by atoms with Crippen molar-refractivity contribution in [3.05, 3.63) is 58.9 Å². The minimum Gasteiger partial charge on any atom is -0.493 e. The summed E-state index contributed by atoms with van der Waals surface area (Å²) in [6.07, 6.45) is 0.772. The Morgan fingerprint density at radius 2 is 1.85 bits per heavy atom. The molecule has 1 saturated heterocycles. The molecule has 2 atom stereocenters.